The zero-order chi connectivity index (χ0) is 14.7. The van der Waals surface area contributed by atoms with E-state index >= 15 is 0 Å². The lowest BCUT2D eigenvalue weighted by Crippen LogP contribution is -2.04. The molecule has 1 N–H and O–H groups in total. The van der Waals surface area contributed by atoms with Crippen molar-refractivity contribution < 1.29 is 0 Å². The Balaban J connectivity index is 1.86. The molecule has 0 fully saturated rings. The van der Waals surface area contributed by atoms with E-state index < -0.39 is 0 Å². The van der Waals surface area contributed by atoms with Gasteiger partial charge in [0.1, 0.15) is 0 Å². The molecule has 2 heterocycles. The average molecular weight is 297 g/mol. The van der Waals surface area contributed by atoms with E-state index in [1.165, 1.54) is 10.4 Å². The maximum atomic E-state index is 4.60. The number of rotatable bonds is 5. The van der Waals surface area contributed by atoms with E-state index in [2.05, 4.69) is 51.6 Å². The lowest BCUT2D eigenvalue weighted by molar-refractivity contribution is 0.810. The average Bonchev–Trinajstić information content (AvgIpc) is 3.07. The predicted octanol–water partition coefficient (Wildman–Crippen LogP) is 4.61. The Morgan fingerprint density at radius 2 is 2.00 bits per heavy atom. The molecule has 0 saturated carbocycles. The second-order valence-electron chi connectivity index (χ2n) is 5.05. The van der Waals surface area contributed by atoms with Gasteiger partial charge in [0, 0.05) is 16.8 Å². The second-order valence-corrected chi connectivity index (χ2v) is 6.05. The molecular weight excluding hydrogens is 278 g/mol. The van der Waals surface area contributed by atoms with E-state index in [1.54, 1.807) is 0 Å². The Kier molecular flexibility index (Phi) is 4.06. The van der Waals surface area contributed by atoms with Crippen LogP contribution in [-0.2, 0) is 13.0 Å². The minimum absolute atomic E-state index is 0.872. The molecular formula is C17H19N3S. The van der Waals surface area contributed by atoms with Crippen LogP contribution in [0.2, 0.25) is 0 Å². The molecule has 1 aromatic carbocycles. The van der Waals surface area contributed by atoms with Crippen molar-refractivity contribution in [2.45, 2.75) is 26.8 Å². The molecule has 0 spiro atoms. The summed E-state index contributed by atoms with van der Waals surface area (Å²) < 4.78 is 2.19. The molecule has 0 bridgehead atoms. The van der Waals surface area contributed by atoms with Crippen molar-refractivity contribution in [3.05, 3.63) is 64.1 Å². The Bertz CT molecular complexity index is 713. The quantitative estimate of drug-likeness (QED) is 0.745. The molecule has 0 aliphatic heterocycles. The number of para-hydroxylation sites is 1. The van der Waals surface area contributed by atoms with Crippen LogP contribution < -0.4 is 5.32 Å². The zero-order valence-corrected chi connectivity index (χ0v) is 13.2. The molecule has 3 nitrogen and oxygen atoms in total. The first-order valence-corrected chi connectivity index (χ1v) is 8.05. The van der Waals surface area contributed by atoms with Crippen molar-refractivity contribution in [1.82, 2.24) is 9.55 Å². The van der Waals surface area contributed by atoms with Crippen LogP contribution in [0, 0.1) is 6.92 Å². The Morgan fingerprint density at radius 3 is 2.76 bits per heavy atom. The Morgan fingerprint density at radius 1 is 1.19 bits per heavy atom. The highest BCUT2D eigenvalue weighted by Gasteiger charge is 2.09. The van der Waals surface area contributed by atoms with Crippen LogP contribution in [-0.4, -0.2) is 9.55 Å². The number of aryl methyl sites for hydroxylation is 2. The highest BCUT2D eigenvalue weighted by Crippen LogP contribution is 2.22. The lowest BCUT2D eigenvalue weighted by Gasteiger charge is -2.10. The van der Waals surface area contributed by atoms with Crippen molar-refractivity contribution in [2.75, 3.05) is 5.32 Å². The molecule has 0 unspecified atom stereocenters. The van der Waals surface area contributed by atoms with Gasteiger partial charge in [0.15, 0.2) is 0 Å². The van der Waals surface area contributed by atoms with Gasteiger partial charge in [-0.2, -0.15) is 0 Å². The van der Waals surface area contributed by atoms with Gasteiger partial charge in [0.05, 0.1) is 12.2 Å². The largest absolute Gasteiger partial charge is 0.326 e. The van der Waals surface area contributed by atoms with E-state index in [9.17, 15) is 0 Å². The molecule has 0 atom stereocenters. The standard InChI is InChI=1S/C17H19N3S/c1-3-14-9-10-21-16(14)12-20-11-13(2)18-17(20)19-15-7-5-4-6-8-15/h4-11H,3,12H2,1-2H3,(H,18,19). The molecule has 3 rings (SSSR count). The summed E-state index contributed by atoms with van der Waals surface area (Å²) in [5.74, 6) is 0.897. The summed E-state index contributed by atoms with van der Waals surface area (Å²) in [7, 11) is 0. The number of anilines is 2. The second kappa shape index (κ2) is 6.14. The summed E-state index contributed by atoms with van der Waals surface area (Å²) in [5, 5.41) is 5.57. The number of thiophene rings is 1. The van der Waals surface area contributed by atoms with E-state index in [4.69, 9.17) is 0 Å². The number of nitrogens with zero attached hydrogens (tertiary/aromatic N) is 2. The van der Waals surface area contributed by atoms with E-state index in [1.807, 2.05) is 36.5 Å². The fourth-order valence-corrected chi connectivity index (χ4v) is 3.37. The van der Waals surface area contributed by atoms with Gasteiger partial charge in [-0.25, -0.2) is 4.98 Å². The molecule has 108 valence electrons. The molecule has 0 amide bonds. The molecule has 0 aliphatic carbocycles. The van der Waals surface area contributed by atoms with Gasteiger partial charge in [-0.05, 0) is 42.5 Å². The molecule has 0 saturated heterocycles. The monoisotopic (exact) mass is 297 g/mol. The topological polar surface area (TPSA) is 29.9 Å². The number of nitrogens with one attached hydrogen (secondary N) is 1. The maximum Gasteiger partial charge on any atom is 0.207 e. The SMILES string of the molecule is CCc1ccsc1Cn1cc(C)nc1Nc1ccccc1. The van der Waals surface area contributed by atoms with Crippen LogP contribution in [0.25, 0.3) is 0 Å². The minimum atomic E-state index is 0.872. The molecule has 3 aromatic rings. The summed E-state index contributed by atoms with van der Waals surface area (Å²) in [6.07, 6.45) is 3.18. The van der Waals surface area contributed by atoms with Crippen molar-refractivity contribution in [3.63, 3.8) is 0 Å². The fourth-order valence-electron chi connectivity index (χ4n) is 2.39. The van der Waals surface area contributed by atoms with Gasteiger partial charge in [-0.1, -0.05) is 25.1 Å². The van der Waals surface area contributed by atoms with Gasteiger partial charge < -0.3 is 9.88 Å². The Labute approximate surface area is 129 Å². The van der Waals surface area contributed by atoms with Crippen molar-refractivity contribution in [1.29, 1.82) is 0 Å². The van der Waals surface area contributed by atoms with Gasteiger partial charge in [-0.3, -0.25) is 0 Å². The summed E-state index contributed by atoms with van der Waals surface area (Å²) in [4.78, 5) is 6.01. The number of benzene rings is 1. The van der Waals surface area contributed by atoms with Crippen molar-refractivity contribution in [2.24, 2.45) is 0 Å². The molecule has 21 heavy (non-hydrogen) atoms. The minimum Gasteiger partial charge on any atom is -0.326 e. The highest BCUT2D eigenvalue weighted by molar-refractivity contribution is 7.10. The normalized spacial score (nSPS) is 10.8. The fraction of sp³-hybridized carbons (Fsp3) is 0.235. The molecule has 4 heteroatoms. The first-order chi connectivity index (χ1) is 10.3. The summed E-state index contributed by atoms with van der Waals surface area (Å²) in [6.45, 7) is 5.10. The third-order valence-corrected chi connectivity index (χ3v) is 4.41. The zero-order valence-electron chi connectivity index (χ0n) is 12.3. The summed E-state index contributed by atoms with van der Waals surface area (Å²) in [5.41, 5.74) is 3.52. The maximum absolute atomic E-state index is 4.60. The number of aromatic nitrogens is 2. The van der Waals surface area contributed by atoms with E-state index in [0.717, 1.165) is 30.3 Å². The smallest absolute Gasteiger partial charge is 0.207 e. The van der Waals surface area contributed by atoms with E-state index in [0.29, 0.717) is 0 Å². The Hall–Kier alpha value is -2.07. The first-order valence-electron chi connectivity index (χ1n) is 7.17. The lowest BCUT2D eigenvalue weighted by atomic mass is 10.2. The van der Waals surface area contributed by atoms with Crippen LogP contribution in [0.5, 0.6) is 0 Å². The molecule has 0 aliphatic rings. The highest BCUT2D eigenvalue weighted by atomic mass is 32.1. The number of imidazole rings is 1. The predicted molar refractivity (Wildman–Crippen MR) is 89.5 cm³/mol. The van der Waals surface area contributed by atoms with Crippen LogP contribution >= 0.6 is 11.3 Å². The number of hydrogen-bond acceptors (Lipinski definition) is 3. The van der Waals surface area contributed by atoms with Crippen molar-refractivity contribution >= 4 is 23.0 Å². The third-order valence-electron chi connectivity index (χ3n) is 3.46. The molecule has 0 radical (unpaired) electrons. The van der Waals surface area contributed by atoms with Gasteiger partial charge in [0.25, 0.3) is 0 Å². The molecule has 2 aromatic heterocycles. The van der Waals surface area contributed by atoms with E-state index in [-0.39, 0.29) is 0 Å². The number of hydrogen-bond donors (Lipinski definition) is 1. The first kappa shape index (κ1) is 13.9. The van der Waals surface area contributed by atoms with Crippen LogP contribution in [0.3, 0.4) is 0 Å². The van der Waals surface area contributed by atoms with Gasteiger partial charge >= 0.3 is 0 Å². The summed E-state index contributed by atoms with van der Waals surface area (Å²) >= 11 is 1.82. The van der Waals surface area contributed by atoms with Gasteiger partial charge in [-0.15, -0.1) is 11.3 Å². The third kappa shape index (κ3) is 3.16. The van der Waals surface area contributed by atoms with Gasteiger partial charge in [0.2, 0.25) is 5.95 Å². The summed E-state index contributed by atoms with van der Waals surface area (Å²) in [6, 6.07) is 12.4. The van der Waals surface area contributed by atoms with Crippen LogP contribution in [0.4, 0.5) is 11.6 Å². The van der Waals surface area contributed by atoms with Crippen LogP contribution in [0.15, 0.2) is 48.0 Å². The van der Waals surface area contributed by atoms with Crippen LogP contribution in [0.1, 0.15) is 23.1 Å². The van der Waals surface area contributed by atoms with Crippen molar-refractivity contribution in [3.8, 4) is 0 Å².